The van der Waals surface area contributed by atoms with Crippen molar-refractivity contribution in [3.8, 4) is 0 Å². The lowest BCUT2D eigenvalue weighted by Gasteiger charge is -2.29. The first-order valence-corrected chi connectivity index (χ1v) is 6.30. The summed E-state index contributed by atoms with van der Waals surface area (Å²) in [5.41, 5.74) is 6.21. The highest BCUT2D eigenvalue weighted by Gasteiger charge is 2.25. The molecule has 1 aliphatic rings. The van der Waals surface area contributed by atoms with Crippen LogP contribution >= 0.6 is 11.3 Å². The quantitative estimate of drug-likeness (QED) is 0.815. The van der Waals surface area contributed by atoms with Crippen molar-refractivity contribution in [2.75, 3.05) is 0 Å². The van der Waals surface area contributed by atoms with Gasteiger partial charge in [-0.05, 0) is 24.7 Å². The summed E-state index contributed by atoms with van der Waals surface area (Å²) < 4.78 is 0. The molecule has 1 unspecified atom stereocenters. The average Bonchev–Trinajstić information content (AvgIpc) is 2.71. The minimum atomic E-state index is 0.183. The van der Waals surface area contributed by atoms with Gasteiger partial charge in [-0.25, -0.2) is 4.98 Å². The van der Waals surface area contributed by atoms with Crippen LogP contribution in [0, 0.1) is 11.8 Å². The fourth-order valence-corrected chi connectivity index (χ4v) is 2.98. The molecule has 0 bridgehead atoms. The molecule has 0 radical (unpaired) electrons. The maximum atomic E-state index is 6.21. The second-order valence-electron chi connectivity index (χ2n) is 4.42. The highest BCUT2D eigenvalue weighted by Crippen LogP contribution is 2.35. The Morgan fingerprint density at radius 1 is 1.43 bits per heavy atom. The normalized spacial score (nSPS) is 30.1. The lowest BCUT2D eigenvalue weighted by atomic mass is 9.79. The van der Waals surface area contributed by atoms with E-state index in [9.17, 15) is 0 Å². The van der Waals surface area contributed by atoms with Gasteiger partial charge in [0.2, 0.25) is 0 Å². The number of nitrogens with zero attached hydrogens (tertiary/aromatic N) is 1. The van der Waals surface area contributed by atoms with Gasteiger partial charge in [0.1, 0.15) is 5.01 Å². The number of thiazole rings is 1. The van der Waals surface area contributed by atoms with E-state index in [2.05, 4.69) is 11.9 Å². The third-order valence-electron chi connectivity index (χ3n) is 3.30. The second-order valence-corrected chi connectivity index (χ2v) is 5.34. The van der Waals surface area contributed by atoms with E-state index < -0.39 is 0 Å². The van der Waals surface area contributed by atoms with Crippen molar-refractivity contribution in [1.82, 2.24) is 4.98 Å². The van der Waals surface area contributed by atoms with Gasteiger partial charge >= 0.3 is 0 Å². The monoisotopic (exact) mass is 210 g/mol. The van der Waals surface area contributed by atoms with Crippen molar-refractivity contribution in [1.29, 1.82) is 0 Å². The molecule has 1 aliphatic carbocycles. The second kappa shape index (κ2) is 4.41. The number of nitrogens with two attached hydrogens (primary N) is 1. The first kappa shape index (κ1) is 10.1. The van der Waals surface area contributed by atoms with Crippen LogP contribution in [0.15, 0.2) is 11.6 Å². The Balaban J connectivity index is 1.95. The summed E-state index contributed by atoms with van der Waals surface area (Å²) >= 11 is 1.69. The Bertz CT molecular complexity index is 263. The highest BCUT2D eigenvalue weighted by molar-refractivity contribution is 7.09. The summed E-state index contributed by atoms with van der Waals surface area (Å²) in [6.07, 6.45) is 7.09. The van der Waals surface area contributed by atoms with Crippen LogP contribution in [0.1, 0.15) is 43.7 Å². The van der Waals surface area contributed by atoms with Gasteiger partial charge in [0.05, 0.1) is 6.04 Å². The zero-order valence-corrected chi connectivity index (χ0v) is 9.46. The van der Waals surface area contributed by atoms with Gasteiger partial charge in [-0.2, -0.15) is 0 Å². The van der Waals surface area contributed by atoms with Crippen molar-refractivity contribution < 1.29 is 0 Å². The Kier molecular flexibility index (Phi) is 3.19. The first-order chi connectivity index (χ1) is 6.77. The summed E-state index contributed by atoms with van der Waals surface area (Å²) in [7, 11) is 0. The predicted molar refractivity (Wildman–Crippen MR) is 60.2 cm³/mol. The van der Waals surface area contributed by atoms with Gasteiger partial charge in [0.15, 0.2) is 0 Å². The van der Waals surface area contributed by atoms with Crippen LogP contribution in [0.5, 0.6) is 0 Å². The molecule has 0 amide bonds. The van der Waals surface area contributed by atoms with Crippen molar-refractivity contribution in [2.45, 2.75) is 38.6 Å². The van der Waals surface area contributed by atoms with Crippen LogP contribution < -0.4 is 5.73 Å². The van der Waals surface area contributed by atoms with Crippen molar-refractivity contribution in [3.05, 3.63) is 16.6 Å². The molecule has 0 spiro atoms. The van der Waals surface area contributed by atoms with Gasteiger partial charge in [-0.1, -0.05) is 19.8 Å². The van der Waals surface area contributed by atoms with Crippen molar-refractivity contribution in [2.24, 2.45) is 17.6 Å². The number of hydrogen-bond acceptors (Lipinski definition) is 3. The summed E-state index contributed by atoms with van der Waals surface area (Å²) in [6.45, 7) is 2.34. The molecule has 1 aromatic heterocycles. The molecule has 1 saturated carbocycles. The summed E-state index contributed by atoms with van der Waals surface area (Å²) in [4.78, 5) is 4.30. The smallest absolute Gasteiger partial charge is 0.110 e. The van der Waals surface area contributed by atoms with Crippen LogP contribution in [0.4, 0.5) is 0 Å². The Hall–Kier alpha value is -0.410. The van der Waals surface area contributed by atoms with E-state index in [4.69, 9.17) is 5.73 Å². The van der Waals surface area contributed by atoms with Gasteiger partial charge in [-0.15, -0.1) is 11.3 Å². The van der Waals surface area contributed by atoms with Crippen LogP contribution in [0.2, 0.25) is 0 Å². The Morgan fingerprint density at radius 3 is 2.71 bits per heavy atom. The first-order valence-electron chi connectivity index (χ1n) is 5.42. The molecule has 2 nitrogen and oxygen atoms in total. The molecule has 78 valence electrons. The molecule has 1 aromatic rings. The third kappa shape index (κ3) is 2.15. The van der Waals surface area contributed by atoms with E-state index in [0.717, 1.165) is 10.9 Å². The maximum Gasteiger partial charge on any atom is 0.110 e. The lowest BCUT2D eigenvalue weighted by Crippen LogP contribution is -2.25. The lowest BCUT2D eigenvalue weighted by molar-refractivity contribution is 0.256. The van der Waals surface area contributed by atoms with Crippen LogP contribution in [-0.2, 0) is 0 Å². The molecular formula is C11H18N2S. The average molecular weight is 210 g/mol. The topological polar surface area (TPSA) is 38.9 Å². The molecule has 2 N–H and O–H groups in total. The molecule has 14 heavy (non-hydrogen) atoms. The molecule has 0 saturated heterocycles. The maximum absolute atomic E-state index is 6.21. The van der Waals surface area contributed by atoms with Gasteiger partial charge in [0, 0.05) is 11.6 Å². The van der Waals surface area contributed by atoms with E-state index >= 15 is 0 Å². The molecule has 0 aliphatic heterocycles. The van der Waals surface area contributed by atoms with Crippen molar-refractivity contribution in [3.63, 3.8) is 0 Å². The van der Waals surface area contributed by atoms with Gasteiger partial charge in [0.25, 0.3) is 0 Å². The molecule has 2 rings (SSSR count). The molecular weight excluding hydrogens is 192 g/mol. The van der Waals surface area contributed by atoms with Gasteiger partial charge < -0.3 is 5.73 Å². The fraction of sp³-hybridized carbons (Fsp3) is 0.727. The zero-order chi connectivity index (χ0) is 9.97. The van der Waals surface area contributed by atoms with E-state index in [-0.39, 0.29) is 6.04 Å². The zero-order valence-electron chi connectivity index (χ0n) is 8.65. The third-order valence-corrected chi connectivity index (χ3v) is 4.18. The summed E-state index contributed by atoms with van der Waals surface area (Å²) in [5, 5.41) is 3.13. The summed E-state index contributed by atoms with van der Waals surface area (Å²) in [6, 6.07) is 0.183. The van der Waals surface area contributed by atoms with Crippen molar-refractivity contribution >= 4 is 11.3 Å². The minimum absolute atomic E-state index is 0.183. The van der Waals surface area contributed by atoms with E-state index in [0.29, 0.717) is 5.92 Å². The van der Waals surface area contributed by atoms with Crippen LogP contribution in [-0.4, -0.2) is 4.98 Å². The fourth-order valence-electron chi connectivity index (χ4n) is 2.25. The van der Waals surface area contributed by atoms with Crippen LogP contribution in [0.3, 0.4) is 0 Å². The molecule has 1 heterocycles. The SMILES string of the molecule is CC1CCC(C(N)c2nccs2)CC1. The summed E-state index contributed by atoms with van der Waals surface area (Å²) in [5.74, 6) is 1.56. The number of aromatic nitrogens is 1. The number of hydrogen-bond donors (Lipinski definition) is 1. The minimum Gasteiger partial charge on any atom is -0.322 e. The largest absolute Gasteiger partial charge is 0.322 e. The Morgan fingerprint density at radius 2 is 2.14 bits per heavy atom. The molecule has 1 fully saturated rings. The Labute approximate surface area is 89.5 Å². The highest BCUT2D eigenvalue weighted by atomic mass is 32.1. The number of rotatable bonds is 2. The van der Waals surface area contributed by atoms with Gasteiger partial charge in [-0.3, -0.25) is 0 Å². The van der Waals surface area contributed by atoms with E-state index in [1.807, 2.05) is 11.6 Å². The molecule has 0 aromatic carbocycles. The van der Waals surface area contributed by atoms with E-state index in [1.165, 1.54) is 25.7 Å². The predicted octanol–water partition coefficient (Wildman–Crippen LogP) is 2.97. The molecule has 3 heteroatoms. The molecule has 1 atom stereocenters. The van der Waals surface area contributed by atoms with Crippen LogP contribution in [0.25, 0.3) is 0 Å². The van der Waals surface area contributed by atoms with E-state index in [1.54, 1.807) is 11.3 Å². The standard InChI is InChI=1S/C11H18N2S/c1-8-2-4-9(5-3-8)10(12)11-13-6-7-14-11/h6-10H,2-5,12H2,1H3.